The number of nitrogens with one attached hydrogen (secondary N) is 2. The van der Waals surface area contributed by atoms with Gasteiger partial charge >= 0.3 is 6.03 Å². The molecule has 8 heteroatoms. The van der Waals surface area contributed by atoms with Gasteiger partial charge in [-0.2, -0.15) is 0 Å². The first-order chi connectivity index (χ1) is 12.4. The van der Waals surface area contributed by atoms with Gasteiger partial charge in [0.25, 0.3) is 5.91 Å². The minimum Gasteiger partial charge on any atom is -0.508 e. The fourth-order valence-electron chi connectivity index (χ4n) is 3.24. The highest BCUT2D eigenvalue weighted by atomic mass is 79.9. The average Bonchev–Trinajstić information content (AvgIpc) is 3.06. The summed E-state index contributed by atoms with van der Waals surface area (Å²) in [7, 11) is 0. The molecule has 2 heterocycles. The molecule has 1 saturated heterocycles. The van der Waals surface area contributed by atoms with E-state index in [1.165, 1.54) is 16.7 Å². The number of aromatic hydroxyl groups is 2. The molecule has 0 saturated carbocycles. The first-order valence-electron chi connectivity index (χ1n) is 7.79. The molecule has 0 aliphatic carbocycles. The van der Waals surface area contributed by atoms with Crippen molar-refractivity contribution in [1.82, 2.24) is 15.2 Å². The van der Waals surface area contributed by atoms with E-state index in [1.54, 1.807) is 36.5 Å². The van der Waals surface area contributed by atoms with Crippen LogP contribution < -0.4 is 10.6 Å². The lowest BCUT2D eigenvalue weighted by molar-refractivity contribution is -0.124. The third-order valence-corrected chi connectivity index (χ3v) is 5.06. The van der Waals surface area contributed by atoms with Crippen molar-refractivity contribution in [3.8, 4) is 11.6 Å². The topological polar surface area (TPSA) is 104 Å². The van der Waals surface area contributed by atoms with Gasteiger partial charge in [-0.1, -0.05) is 28.1 Å². The lowest BCUT2D eigenvalue weighted by Gasteiger charge is -2.27. The Hall–Kier alpha value is -3.00. The number of fused-ring (bicyclic) bond motifs is 1. The maximum atomic E-state index is 12.6. The van der Waals surface area contributed by atoms with Crippen LogP contribution >= 0.6 is 15.9 Å². The van der Waals surface area contributed by atoms with E-state index in [1.807, 2.05) is 0 Å². The maximum absolute atomic E-state index is 12.6. The van der Waals surface area contributed by atoms with Crippen LogP contribution in [0.25, 0.3) is 10.8 Å². The monoisotopic (exact) mass is 415 g/mol. The van der Waals surface area contributed by atoms with E-state index >= 15 is 0 Å². The zero-order chi connectivity index (χ0) is 18.5. The van der Waals surface area contributed by atoms with Crippen molar-refractivity contribution in [1.29, 1.82) is 0 Å². The van der Waals surface area contributed by atoms with Gasteiger partial charge in [0, 0.05) is 21.4 Å². The summed E-state index contributed by atoms with van der Waals surface area (Å²) in [4.78, 5) is 24.5. The van der Waals surface area contributed by atoms with E-state index in [0.29, 0.717) is 16.3 Å². The number of benzene rings is 2. The van der Waals surface area contributed by atoms with Crippen LogP contribution in [0.5, 0.6) is 11.6 Å². The molecule has 0 unspecified atom stereocenters. The maximum Gasteiger partial charge on any atom is 0.322 e. The van der Waals surface area contributed by atoms with Gasteiger partial charge in [-0.15, -0.1) is 0 Å². The minimum absolute atomic E-state index is 0.00647. The number of urea groups is 1. The number of hydrogen-bond acceptors (Lipinski definition) is 4. The van der Waals surface area contributed by atoms with E-state index in [9.17, 15) is 19.8 Å². The van der Waals surface area contributed by atoms with Crippen molar-refractivity contribution in [2.24, 2.45) is 0 Å². The molecule has 1 fully saturated rings. The molecule has 2 aromatic carbocycles. The van der Waals surface area contributed by atoms with Crippen molar-refractivity contribution in [3.63, 3.8) is 0 Å². The fourth-order valence-corrected chi connectivity index (χ4v) is 3.51. The van der Waals surface area contributed by atoms with Crippen LogP contribution in [0.2, 0.25) is 0 Å². The average molecular weight is 416 g/mol. The molecule has 0 radical (unpaired) electrons. The van der Waals surface area contributed by atoms with Crippen LogP contribution in [0.15, 0.2) is 53.1 Å². The molecule has 4 rings (SSSR count). The normalized spacial score (nSPS) is 19.6. The summed E-state index contributed by atoms with van der Waals surface area (Å²) in [6.45, 7) is -0.00647. The number of rotatable bonds is 3. The molecule has 0 spiro atoms. The summed E-state index contributed by atoms with van der Waals surface area (Å²) in [6.07, 6.45) is 1.67. The largest absolute Gasteiger partial charge is 0.508 e. The zero-order valence-electron chi connectivity index (χ0n) is 13.4. The number of carbonyl (C=O) groups is 2. The lowest BCUT2D eigenvalue weighted by Crippen LogP contribution is -2.47. The molecule has 132 valence electrons. The molecule has 7 nitrogen and oxygen atoms in total. The molecule has 4 N–H and O–H groups in total. The van der Waals surface area contributed by atoms with Gasteiger partial charge in [-0.25, -0.2) is 4.79 Å². The number of aromatic nitrogens is 1. The van der Waals surface area contributed by atoms with Gasteiger partial charge in [0.05, 0.1) is 6.54 Å². The molecule has 1 aromatic heterocycles. The van der Waals surface area contributed by atoms with Crippen molar-refractivity contribution < 1.29 is 19.8 Å². The Bertz CT molecular complexity index is 1040. The van der Waals surface area contributed by atoms with Gasteiger partial charge in [0.2, 0.25) is 0 Å². The number of halogens is 1. The number of carbonyl (C=O) groups excluding carboxylic acids is 2. The standard InChI is InChI=1S/C18H14BrN3O4/c19-12-4-2-11(3-5-12)18(16(25)20-17(26)21-18)9-22-8-10-1-6-13(23)7-14(10)15(22)24/h1-8,23-24H,9H2,(H2,20,21,25,26)/t18-/m0/s1. The summed E-state index contributed by atoms with van der Waals surface area (Å²) in [5, 5.41) is 26.3. The molecule has 26 heavy (non-hydrogen) atoms. The number of imide groups is 1. The molecular weight excluding hydrogens is 402 g/mol. The van der Waals surface area contributed by atoms with Crippen LogP contribution in [0.4, 0.5) is 4.79 Å². The zero-order valence-corrected chi connectivity index (χ0v) is 14.9. The van der Waals surface area contributed by atoms with Crippen molar-refractivity contribution in [2.45, 2.75) is 12.1 Å². The third kappa shape index (κ3) is 2.50. The second-order valence-corrected chi connectivity index (χ2v) is 7.09. The van der Waals surface area contributed by atoms with Gasteiger partial charge in [-0.3, -0.25) is 10.1 Å². The lowest BCUT2D eigenvalue weighted by atomic mass is 9.90. The predicted octanol–water partition coefficient (Wildman–Crippen LogP) is 2.55. The van der Waals surface area contributed by atoms with Crippen molar-refractivity contribution in [3.05, 3.63) is 58.7 Å². The van der Waals surface area contributed by atoms with Gasteiger partial charge < -0.3 is 20.1 Å². The Labute approximate surface area is 156 Å². The molecule has 1 aliphatic rings. The quantitative estimate of drug-likeness (QED) is 0.493. The smallest absolute Gasteiger partial charge is 0.322 e. The third-order valence-electron chi connectivity index (χ3n) is 4.53. The Morgan fingerprint density at radius 1 is 1.08 bits per heavy atom. The molecule has 0 bridgehead atoms. The highest BCUT2D eigenvalue weighted by molar-refractivity contribution is 9.10. The molecule has 3 amide bonds. The van der Waals surface area contributed by atoms with Crippen LogP contribution in [0, 0.1) is 0 Å². The summed E-state index contributed by atoms with van der Waals surface area (Å²) < 4.78 is 2.32. The van der Waals surface area contributed by atoms with Crippen molar-refractivity contribution >= 4 is 38.6 Å². The second-order valence-electron chi connectivity index (χ2n) is 6.17. The van der Waals surface area contributed by atoms with Crippen LogP contribution in [0.1, 0.15) is 5.56 Å². The minimum atomic E-state index is -1.35. The van der Waals surface area contributed by atoms with Crippen LogP contribution in [-0.4, -0.2) is 26.7 Å². The SMILES string of the molecule is O=C1NC(=O)[C@](Cn2cc3ccc(O)cc3c2O)(c2ccc(Br)cc2)N1. The Balaban J connectivity index is 1.84. The number of nitrogens with zero attached hydrogens (tertiary/aromatic N) is 1. The summed E-state index contributed by atoms with van der Waals surface area (Å²) in [6, 6.07) is 11.1. The van der Waals surface area contributed by atoms with E-state index < -0.39 is 17.5 Å². The Morgan fingerprint density at radius 3 is 2.46 bits per heavy atom. The van der Waals surface area contributed by atoms with Crippen LogP contribution in [-0.2, 0) is 16.9 Å². The predicted molar refractivity (Wildman–Crippen MR) is 97.8 cm³/mol. The Kier molecular flexibility index (Phi) is 3.66. The molecule has 1 aliphatic heterocycles. The van der Waals surface area contributed by atoms with Gasteiger partial charge in [0.15, 0.2) is 11.4 Å². The number of hydrogen-bond donors (Lipinski definition) is 4. The highest BCUT2D eigenvalue weighted by Crippen LogP contribution is 2.34. The molecular formula is C18H14BrN3O4. The highest BCUT2D eigenvalue weighted by Gasteiger charge is 2.48. The number of phenolic OH excluding ortho intramolecular Hbond substituents is 1. The first-order valence-corrected chi connectivity index (χ1v) is 8.59. The van der Waals surface area contributed by atoms with Crippen LogP contribution in [0.3, 0.4) is 0 Å². The van der Waals surface area contributed by atoms with E-state index in [-0.39, 0.29) is 18.2 Å². The Morgan fingerprint density at radius 2 is 1.81 bits per heavy atom. The van der Waals surface area contributed by atoms with E-state index in [4.69, 9.17) is 0 Å². The van der Waals surface area contributed by atoms with E-state index in [2.05, 4.69) is 26.6 Å². The molecule has 1 atom stereocenters. The summed E-state index contributed by atoms with van der Waals surface area (Å²) in [5.41, 5.74) is -0.768. The first kappa shape index (κ1) is 16.5. The fraction of sp³-hybridized carbons (Fsp3) is 0.111. The molecule has 3 aromatic rings. The van der Waals surface area contributed by atoms with Gasteiger partial charge in [0.1, 0.15) is 5.75 Å². The summed E-state index contributed by atoms with van der Waals surface area (Å²) >= 11 is 3.35. The summed E-state index contributed by atoms with van der Waals surface area (Å²) in [5.74, 6) is -0.564. The van der Waals surface area contributed by atoms with E-state index in [0.717, 1.165) is 4.47 Å². The van der Waals surface area contributed by atoms with Gasteiger partial charge in [-0.05, 0) is 35.9 Å². The number of amides is 3. The number of phenols is 1. The van der Waals surface area contributed by atoms with Crippen molar-refractivity contribution in [2.75, 3.05) is 0 Å². The second kappa shape index (κ2) is 5.77.